The molecule has 0 aromatic heterocycles. The first kappa shape index (κ1) is 19.2. The van der Waals surface area contributed by atoms with Crippen molar-refractivity contribution < 1.29 is 9.53 Å². The minimum Gasteiger partial charge on any atom is -0.497 e. The maximum atomic E-state index is 12.9. The molecule has 5 heteroatoms. The molecule has 0 N–H and O–H groups in total. The van der Waals surface area contributed by atoms with Gasteiger partial charge in [-0.2, -0.15) is 0 Å². The molecule has 26 heavy (non-hydrogen) atoms. The number of amides is 1. The highest BCUT2D eigenvalue weighted by molar-refractivity contribution is 5.79. The Morgan fingerprint density at radius 1 is 1.15 bits per heavy atom. The van der Waals surface area contributed by atoms with Crippen LogP contribution in [0.15, 0.2) is 24.3 Å². The van der Waals surface area contributed by atoms with Gasteiger partial charge in [0.05, 0.1) is 13.5 Å². The van der Waals surface area contributed by atoms with Gasteiger partial charge in [-0.25, -0.2) is 0 Å². The highest BCUT2D eigenvalue weighted by Gasteiger charge is 2.27. The van der Waals surface area contributed by atoms with E-state index in [-0.39, 0.29) is 5.91 Å². The number of hydrogen-bond donors (Lipinski definition) is 0. The predicted octanol–water partition coefficient (Wildman–Crippen LogP) is 2.26. The first-order valence-electron chi connectivity index (χ1n) is 9.99. The smallest absolute Gasteiger partial charge is 0.227 e. The van der Waals surface area contributed by atoms with E-state index in [0.717, 1.165) is 69.8 Å². The van der Waals surface area contributed by atoms with Crippen LogP contribution in [0.4, 0.5) is 0 Å². The van der Waals surface area contributed by atoms with Crippen molar-refractivity contribution in [2.75, 3.05) is 53.4 Å². The zero-order valence-corrected chi connectivity index (χ0v) is 16.3. The average molecular weight is 360 g/mol. The number of benzene rings is 1. The van der Waals surface area contributed by atoms with Gasteiger partial charge in [-0.1, -0.05) is 12.1 Å². The van der Waals surface area contributed by atoms with Gasteiger partial charge in [0.25, 0.3) is 0 Å². The van der Waals surface area contributed by atoms with E-state index in [2.05, 4.69) is 21.7 Å². The molecule has 0 bridgehead atoms. The van der Waals surface area contributed by atoms with Crippen LogP contribution in [0.3, 0.4) is 0 Å². The number of rotatable bonds is 6. The monoisotopic (exact) mass is 359 g/mol. The maximum Gasteiger partial charge on any atom is 0.227 e. The van der Waals surface area contributed by atoms with Crippen molar-refractivity contribution in [2.24, 2.45) is 0 Å². The molecule has 0 radical (unpaired) electrons. The molecule has 0 unspecified atom stereocenters. The number of nitrogens with zero attached hydrogens (tertiary/aromatic N) is 3. The van der Waals surface area contributed by atoms with Crippen LogP contribution >= 0.6 is 0 Å². The number of likely N-dealkylation sites (N-methyl/N-ethyl adjacent to an activating group) is 1. The Morgan fingerprint density at radius 2 is 1.96 bits per heavy atom. The first-order valence-corrected chi connectivity index (χ1v) is 9.99. The molecule has 1 aromatic carbocycles. The van der Waals surface area contributed by atoms with Crippen molar-refractivity contribution >= 4 is 5.91 Å². The van der Waals surface area contributed by atoms with Crippen molar-refractivity contribution in [3.63, 3.8) is 0 Å². The third-order valence-electron chi connectivity index (χ3n) is 5.81. The van der Waals surface area contributed by atoms with Crippen LogP contribution in [0.2, 0.25) is 0 Å². The van der Waals surface area contributed by atoms with Crippen molar-refractivity contribution in [1.29, 1.82) is 0 Å². The number of carbonyl (C=O) groups is 1. The summed E-state index contributed by atoms with van der Waals surface area (Å²) in [7, 11) is 3.86. The van der Waals surface area contributed by atoms with E-state index in [1.165, 1.54) is 6.42 Å². The molecule has 1 amide bonds. The number of ether oxygens (including phenoxy) is 1. The van der Waals surface area contributed by atoms with Gasteiger partial charge in [-0.05, 0) is 50.4 Å². The van der Waals surface area contributed by atoms with Crippen LogP contribution in [0.5, 0.6) is 5.75 Å². The fourth-order valence-electron chi connectivity index (χ4n) is 4.09. The molecule has 2 heterocycles. The van der Waals surface area contributed by atoms with Gasteiger partial charge >= 0.3 is 0 Å². The second-order valence-corrected chi connectivity index (χ2v) is 7.70. The van der Waals surface area contributed by atoms with Crippen LogP contribution in [-0.4, -0.2) is 80.1 Å². The van der Waals surface area contributed by atoms with Gasteiger partial charge in [0.15, 0.2) is 0 Å². The lowest BCUT2D eigenvalue weighted by Crippen LogP contribution is -2.48. The van der Waals surface area contributed by atoms with Crippen LogP contribution in [-0.2, 0) is 11.2 Å². The molecular weight excluding hydrogens is 326 g/mol. The summed E-state index contributed by atoms with van der Waals surface area (Å²) in [5, 5.41) is 0. The number of methoxy groups -OCH3 is 1. The predicted molar refractivity (Wildman–Crippen MR) is 105 cm³/mol. The summed E-state index contributed by atoms with van der Waals surface area (Å²) in [6.07, 6.45) is 5.11. The molecule has 1 atom stereocenters. The Labute approximate surface area is 157 Å². The molecule has 0 saturated carbocycles. The number of likely N-dealkylation sites (tertiary alicyclic amines) is 1. The number of hydrogen-bond acceptors (Lipinski definition) is 4. The SMILES string of the molecule is COc1cccc(CC(=O)N2CCCC[C@@H]2CCN2CCN(C)CC2)c1. The van der Waals surface area contributed by atoms with Gasteiger partial charge in [0, 0.05) is 45.3 Å². The highest BCUT2D eigenvalue weighted by Crippen LogP contribution is 2.22. The standard InChI is InChI=1S/C21H33N3O2/c1-22-12-14-23(15-13-22)11-9-19-7-3-4-10-24(19)21(25)17-18-6-5-8-20(16-18)26-2/h5-6,8,16,19H,3-4,7,9-15,17H2,1-2H3/t19-/m1/s1. The summed E-state index contributed by atoms with van der Waals surface area (Å²) in [6.45, 7) is 6.64. The van der Waals surface area contributed by atoms with E-state index in [9.17, 15) is 4.79 Å². The number of piperidine rings is 1. The Balaban J connectivity index is 1.54. The Morgan fingerprint density at radius 3 is 2.73 bits per heavy atom. The largest absolute Gasteiger partial charge is 0.497 e. The van der Waals surface area contributed by atoms with E-state index >= 15 is 0 Å². The Bertz CT molecular complexity index is 584. The summed E-state index contributed by atoms with van der Waals surface area (Å²) in [5.41, 5.74) is 1.04. The van der Waals surface area contributed by atoms with Crippen molar-refractivity contribution in [3.8, 4) is 5.75 Å². The van der Waals surface area contributed by atoms with Gasteiger partial charge < -0.3 is 19.4 Å². The number of piperazine rings is 1. The van der Waals surface area contributed by atoms with Crippen LogP contribution in [0, 0.1) is 0 Å². The third-order valence-corrected chi connectivity index (χ3v) is 5.81. The molecule has 2 aliphatic heterocycles. The van der Waals surface area contributed by atoms with Crippen LogP contribution in [0.1, 0.15) is 31.2 Å². The normalized spacial score (nSPS) is 22.4. The highest BCUT2D eigenvalue weighted by atomic mass is 16.5. The zero-order chi connectivity index (χ0) is 18.4. The second kappa shape index (κ2) is 9.38. The quantitative estimate of drug-likeness (QED) is 0.781. The van der Waals surface area contributed by atoms with Gasteiger partial charge in [-0.15, -0.1) is 0 Å². The Kier molecular flexibility index (Phi) is 6.92. The molecule has 1 aromatic rings. The summed E-state index contributed by atoms with van der Waals surface area (Å²) in [4.78, 5) is 20.0. The van der Waals surface area contributed by atoms with Gasteiger partial charge in [-0.3, -0.25) is 4.79 Å². The van der Waals surface area contributed by atoms with Gasteiger partial charge in [0.2, 0.25) is 5.91 Å². The molecule has 5 nitrogen and oxygen atoms in total. The van der Waals surface area contributed by atoms with E-state index in [1.54, 1.807) is 7.11 Å². The zero-order valence-electron chi connectivity index (χ0n) is 16.3. The minimum absolute atomic E-state index is 0.265. The summed E-state index contributed by atoms with van der Waals surface area (Å²) >= 11 is 0. The third kappa shape index (κ3) is 5.21. The lowest BCUT2D eigenvalue weighted by Gasteiger charge is -2.38. The first-order chi connectivity index (χ1) is 12.7. The number of carbonyl (C=O) groups excluding carboxylic acids is 1. The lowest BCUT2D eigenvalue weighted by molar-refractivity contribution is -0.134. The molecular formula is C21H33N3O2. The molecule has 0 spiro atoms. The van der Waals surface area contributed by atoms with E-state index in [1.807, 2.05) is 24.3 Å². The Hall–Kier alpha value is -1.59. The average Bonchev–Trinajstić information content (AvgIpc) is 2.68. The molecule has 2 fully saturated rings. The van der Waals surface area contributed by atoms with Crippen molar-refractivity contribution in [1.82, 2.24) is 14.7 Å². The maximum absolute atomic E-state index is 12.9. The molecule has 2 aliphatic rings. The second-order valence-electron chi connectivity index (χ2n) is 7.70. The van der Waals surface area contributed by atoms with E-state index in [4.69, 9.17) is 4.74 Å². The van der Waals surface area contributed by atoms with Crippen LogP contribution in [0.25, 0.3) is 0 Å². The lowest BCUT2D eigenvalue weighted by atomic mass is 9.97. The van der Waals surface area contributed by atoms with Crippen LogP contribution < -0.4 is 4.74 Å². The van der Waals surface area contributed by atoms with Crippen molar-refractivity contribution in [3.05, 3.63) is 29.8 Å². The topological polar surface area (TPSA) is 36.0 Å². The fourth-order valence-corrected chi connectivity index (χ4v) is 4.09. The van der Waals surface area contributed by atoms with E-state index < -0.39 is 0 Å². The minimum atomic E-state index is 0.265. The van der Waals surface area contributed by atoms with Crippen molar-refractivity contribution in [2.45, 2.75) is 38.1 Å². The fraction of sp³-hybridized carbons (Fsp3) is 0.667. The molecule has 2 saturated heterocycles. The summed E-state index contributed by atoms with van der Waals surface area (Å²) in [5.74, 6) is 1.09. The molecule has 0 aliphatic carbocycles. The summed E-state index contributed by atoms with van der Waals surface area (Å²) < 4.78 is 5.28. The molecule has 144 valence electrons. The van der Waals surface area contributed by atoms with Gasteiger partial charge in [0.1, 0.15) is 5.75 Å². The summed E-state index contributed by atoms with van der Waals surface area (Å²) in [6, 6.07) is 8.28. The molecule has 3 rings (SSSR count). The van der Waals surface area contributed by atoms with E-state index in [0.29, 0.717) is 12.5 Å².